The Labute approximate surface area is 275 Å². The van der Waals surface area contributed by atoms with Crippen molar-refractivity contribution < 1.29 is 23.5 Å². The van der Waals surface area contributed by atoms with Gasteiger partial charge in [0.1, 0.15) is 6.10 Å². The van der Waals surface area contributed by atoms with Gasteiger partial charge in [-0.15, -0.1) is 0 Å². The lowest BCUT2D eigenvalue weighted by atomic mass is 9.43. The number of carbonyl (C=O) groups excluding carboxylic acids is 1. The highest BCUT2D eigenvalue weighted by Crippen LogP contribution is 2.72. The van der Waals surface area contributed by atoms with Gasteiger partial charge < -0.3 is 19.5 Å². The van der Waals surface area contributed by atoms with Crippen molar-refractivity contribution in [2.75, 3.05) is 19.8 Å². The molecule has 2 N–H and O–H groups in total. The van der Waals surface area contributed by atoms with E-state index < -0.39 is 7.60 Å². The zero-order valence-electron chi connectivity index (χ0n) is 30.2. The summed E-state index contributed by atoms with van der Waals surface area (Å²) in [6, 6.07) is 0. The van der Waals surface area contributed by atoms with E-state index in [2.05, 4.69) is 66.8 Å². The van der Waals surface area contributed by atoms with E-state index in [9.17, 15) is 14.3 Å². The standard InChI is InChI=1S/C38H66NO5P/c1-27(2)15-14-16-28(3)29-19-23-38(8)31-17-18-32-35(4,5)33(21-22-36(32,6)30(31)20-24-37(29,38)7)44-34(40)39-25-12-10-11-13-26-43-45(9,41)42/h15,28-29,32-33H,10-14,16-26H2,1-9H3,(H,39,40)(H,41,42)/t28-,29-,32?,33+,36-,37-,38+/m1/s1. The number of fused-ring (bicyclic) bond motifs is 4. The molecule has 7 heteroatoms. The number of hydrogen-bond acceptors (Lipinski definition) is 4. The van der Waals surface area contributed by atoms with Crippen molar-refractivity contribution >= 4 is 13.7 Å². The summed E-state index contributed by atoms with van der Waals surface area (Å²) in [4.78, 5) is 22.1. The largest absolute Gasteiger partial charge is 0.446 e. The molecule has 4 aliphatic rings. The molecule has 2 unspecified atom stereocenters. The number of rotatable bonds is 13. The van der Waals surface area contributed by atoms with Crippen LogP contribution in [0.4, 0.5) is 4.79 Å². The fraction of sp³-hybridized carbons (Fsp3) is 0.868. The molecule has 0 aromatic rings. The van der Waals surface area contributed by atoms with Crippen molar-refractivity contribution in [2.24, 2.45) is 39.4 Å². The van der Waals surface area contributed by atoms with Crippen LogP contribution in [0.25, 0.3) is 0 Å². The summed E-state index contributed by atoms with van der Waals surface area (Å²) < 4.78 is 22.3. The molecule has 0 aliphatic heterocycles. The molecule has 0 bridgehead atoms. The van der Waals surface area contributed by atoms with Gasteiger partial charge in [-0.25, -0.2) is 4.79 Å². The van der Waals surface area contributed by atoms with E-state index in [1.54, 1.807) is 5.57 Å². The van der Waals surface area contributed by atoms with Gasteiger partial charge in [-0.05, 0) is 125 Å². The first kappa shape index (κ1) is 36.7. The minimum absolute atomic E-state index is 0.0694. The van der Waals surface area contributed by atoms with Gasteiger partial charge in [-0.1, -0.05) is 77.2 Å². The molecule has 45 heavy (non-hydrogen) atoms. The Balaban J connectivity index is 1.35. The highest BCUT2D eigenvalue weighted by atomic mass is 31.2. The number of ether oxygens (including phenoxy) is 1. The maximum Gasteiger partial charge on any atom is 0.407 e. The molecule has 4 aliphatic carbocycles. The number of unbranched alkanes of at least 4 members (excludes halogenated alkanes) is 3. The Kier molecular flexibility index (Phi) is 11.6. The zero-order chi connectivity index (χ0) is 33.3. The van der Waals surface area contributed by atoms with Crippen LogP contribution >= 0.6 is 7.60 Å². The van der Waals surface area contributed by atoms with E-state index in [4.69, 9.17) is 9.26 Å². The normalized spacial score (nSPS) is 35.8. The monoisotopic (exact) mass is 647 g/mol. The Morgan fingerprint density at radius 3 is 2.40 bits per heavy atom. The van der Waals surface area contributed by atoms with Crippen LogP contribution in [0.3, 0.4) is 0 Å². The molecule has 8 atom stereocenters. The Morgan fingerprint density at radius 2 is 1.71 bits per heavy atom. The number of allylic oxidation sites excluding steroid dienone is 4. The summed E-state index contributed by atoms with van der Waals surface area (Å²) in [6.45, 7) is 21.6. The van der Waals surface area contributed by atoms with Crippen LogP contribution in [0.1, 0.15) is 145 Å². The fourth-order valence-corrected chi connectivity index (χ4v) is 11.3. The average molecular weight is 648 g/mol. The molecule has 0 saturated heterocycles. The number of carbonyl (C=O) groups is 1. The zero-order valence-corrected chi connectivity index (χ0v) is 31.1. The fourth-order valence-electron chi connectivity index (χ4n) is 10.8. The van der Waals surface area contributed by atoms with Crippen LogP contribution < -0.4 is 5.32 Å². The van der Waals surface area contributed by atoms with Gasteiger partial charge in [0.15, 0.2) is 0 Å². The van der Waals surface area contributed by atoms with Crippen molar-refractivity contribution in [3.05, 3.63) is 22.8 Å². The van der Waals surface area contributed by atoms with E-state index in [0.717, 1.165) is 50.4 Å². The maximum absolute atomic E-state index is 12.9. The summed E-state index contributed by atoms with van der Waals surface area (Å²) in [5, 5.41) is 2.99. The number of nitrogens with one attached hydrogen (secondary N) is 1. The molecule has 2 saturated carbocycles. The molecule has 6 nitrogen and oxygen atoms in total. The molecule has 4 rings (SSSR count). The SMILES string of the molecule is CC(C)=CCC[C@@H](C)[C@H]1CC[C@@]2(C)C3=C(CC[C@]12C)[C@@]1(C)CC[C@H](OC(=O)NCCCCCCOP(C)(=O)O)C(C)(C)C1CC3. The highest BCUT2D eigenvalue weighted by Gasteiger charge is 2.63. The minimum Gasteiger partial charge on any atom is -0.446 e. The molecule has 0 aromatic heterocycles. The second-order valence-corrected chi connectivity index (χ2v) is 18.8. The van der Waals surface area contributed by atoms with Crippen LogP contribution in [-0.4, -0.2) is 36.9 Å². The molecule has 258 valence electrons. The molecular formula is C38H66NO5P. The topological polar surface area (TPSA) is 84.9 Å². The van der Waals surface area contributed by atoms with E-state index in [1.165, 1.54) is 63.6 Å². The predicted octanol–water partition coefficient (Wildman–Crippen LogP) is 10.6. The van der Waals surface area contributed by atoms with Crippen molar-refractivity contribution in [1.29, 1.82) is 0 Å². The smallest absolute Gasteiger partial charge is 0.407 e. The summed E-state index contributed by atoms with van der Waals surface area (Å²) in [6.07, 6.45) is 17.7. The van der Waals surface area contributed by atoms with Crippen LogP contribution in [0, 0.1) is 39.4 Å². The predicted molar refractivity (Wildman–Crippen MR) is 185 cm³/mol. The first-order valence-corrected chi connectivity index (χ1v) is 20.2. The Morgan fingerprint density at radius 1 is 1.00 bits per heavy atom. The van der Waals surface area contributed by atoms with Crippen LogP contribution in [0.15, 0.2) is 22.8 Å². The first-order valence-electron chi connectivity index (χ1n) is 18.2. The number of alkyl carbamates (subject to hydrolysis) is 1. The Bertz CT molecular complexity index is 1170. The summed E-state index contributed by atoms with van der Waals surface area (Å²) in [7, 11) is -3.39. The van der Waals surface area contributed by atoms with Gasteiger partial charge >= 0.3 is 13.7 Å². The van der Waals surface area contributed by atoms with Crippen molar-refractivity contribution in [3.63, 3.8) is 0 Å². The minimum atomic E-state index is -3.39. The maximum atomic E-state index is 12.9. The summed E-state index contributed by atoms with van der Waals surface area (Å²) >= 11 is 0. The van der Waals surface area contributed by atoms with Crippen molar-refractivity contribution in [1.82, 2.24) is 5.32 Å². The molecule has 1 amide bonds. The van der Waals surface area contributed by atoms with E-state index in [1.807, 2.05) is 5.57 Å². The molecule has 2 fully saturated rings. The van der Waals surface area contributed by atoms with Crippen LogP contribution in [-0.2, 0) is 13.8 Å². The highest BCUT2D eigenvalue weighted by molar-refractivity contribution is 7.51. The van der Waals surface area contributed by atoms with Crippen molar-refractivity contribution in [2.45, 2.75) is 151 Å². The molecule has 0 radical (unpaired) electrons. The van der Waals surface area contributed by atoms with Crippen molar-refractivity contribution in [3.8, 4) is 0 Å². The average Bonchev–Trinajstić information content (AvgIpc) is 3.22. The molecule has 0 spiro atoms. The second-order valence-electron chi connectivity index (χ2n) is 16.9. The third-order valence-corrected chi connectivity index (χ3v) is 14.2. The molecule has 0 aromatic carbocycles. The van der Waals surface area contributed by atoms with E-state index in [-0.39, 0.29) is 23.0 Å². The lowest BCUT2D eigenvalue weighted by molar-refractivity contribution is -0.0995. The lowest BCUT2D eigenvalue weighted by Gasteiger charge is -2.62. The third kappa shape index (κ3) is 7.64. The van der Waals surface area contributed by atoms with Gasteiger partial charge in [-0.3, -0.25) is 4.57 Å². The van der Waals surface area contributed by atoms with Gasteiger partial charge in [0.25, 0.3) is 0 Å². The third-order valence-electron chi connectivity index (χ3n) is 13.5. The summed E-state index contributed by atoms with van der Waals surface area (Å²) in [5.74, 6) is 2.09. The molecule has 0 heterocycles. The van der Waals surface area contributed by atoms with E-state index >= 15 is 0 Å². The van der Waals surface area contributed by atoms with Gasteiger partial charge in [0.2, 0.25) is 0 Å². The van der Waals surface area contributed by atoms with Gasteiger partial charge in [0.05, 0.1) is 6.61 Å². The number of hydrogen-bond donors (Lipinski definition) is 2. The van der Waals surface area contributed by atoms with Crippen LogP contribution in [0.5, 0.6) is 0 Å². The van der Waals surface area contributed by atoms with Gasteiger partial charge in [-0.2, -0.15) is 0 Å². The van der Waals surface area contributed by atoms with Crippen LogP contribution in [0.2, 0.25) is 0 Å². The number of amides is 1. The second kappa shape index (κ2) is 14.2. The van der Waals surface area contributed by atoms with E-state index in [0.29, 0.717) is 29.9 Å². The first-order chi connectivity index (χ1) is 21.0. The molecular weight excluding hydrogens is 581 g/mol. The lowest BCUT2D eigenvalue weighted by Crippen LogP contribution is -2.56. The quantitative estimate of drug-likeness (QED) is 0.118. The summed E-state index contributed by atoms with van der Waals surface area (Å²) in [5.41, 5.74) is 5.87. The Hall–Kier alpha value is -1.10. The van der Waals surface area contributed by atoms with Gasteiger partial charge in [0, 0.05) is 18.6 Å².